The lowest BCUT2D eigenvalue weighted by Crippen LogP contribution is -2.74. The lowest BCUT2D eigenvalue weighted by molar-refractivity contribution is 0.519. The Kier molecular flexibility index (Phi) is 9.40. The molecule has 2 aliphatic rings. The Balaban J connectivity index is 0.000000181. The Bertz CT molecular complexity index is 1330. The SMILES string of the molecule is CP1CCC(C)(C)C1=[N+]=C1P(C)CCC1(C)C.c1ccc([B-](c2ccccc2)(c2ccccc2)c2ccccc2)cc1. The van der Waals surface area contributed by atoms with Crippen molar-refractivity contribution in [1.82, 2.24) is 4.67 Å². The number of hydrogen-bond donors (Lipinski definition) is 0. The molecule has 2 heterocycles. The smallest absolute Gasteiger partial charge is 0.195 e. The third-order valence-corrected chi connectivity index (χ3v) is 14.1. The van der Waals surface area contributed by atoms with Crippen LogP contribution in [0, 0.1) is 10.8 Å². The number of hydrogen-bond acceptors (Lipinski definition) is 0. The maximum absolute atomic E-state index is 5.23. The van der Waals surface area contributed by atoms with E-state index in [0.717, 1.165) is 0 Å². The second-order valence-electron chi connectivity index (χ2n) is 13.4. The standard InChI is InChI=1S/C24H20B.C14H26NP2/c1-5-13-21(14-6-1)25(22-15-7-2-8-16-22,23-17-9-3-10-18-23)24-19-11-4-12-20-24;1-13(2)7-9-16(5)11(13)15-12-14(3,4)8-10-17(12)6/h1-20H;7-10H2,1-6H3/q-1;+1. The van der Waals surface area contributed by atoms with Crippen LogP contribution in [0.4, 0.5) is 0 Å². The average Bonchev–Trinajstić information content (AvgIpc) is 3.43. The zero-order valence-corrected chi connectivity index (χ0v) is 28.1. The van der Waals surface area contributed by atoms with Crippen molar-refractivity contribution in [3.05, 3.63) is 121 Å². The van der Waals surface area contributed by atoms with Gasteiger partial charge in [-0.25, -0.2) is 0 Å². The molecule has 1 nitrogen and oxygen atoms in total. The van der Waals surface area contributed by atoms with Crippen LogP contribution in [0.15, 0.2) is 121 Å². The highest BCUT2D eigenvalue weighted by Crippen LogP contribution is 2.53. The molecular weight excluding hydrogens is 543 g/mol. The Morgan fingerprint density at radius 2 is 0.738 bits per heavy atom. The second-order valence-corrected chi connectivity index (χ2v) is 17.9. The molecule has 0 radical (unpaired) electrons. The first-order valence-corrected chi connectivity index (χ1v) is 19.4. The van der Waals surface area contributed by atoms with Crippen LogP contribution in [-0.4, -0.2) is 42.7 Å². The van der Waals surface area contributed by atoms with Crippen molar-refractivity contribution in [3.63, 3.8) is 0 Å². The highest BCUT2D eigenvalue weighted by molar-refractivity contribution is 7.76. The highest BCUT2D eigenvalue weighted by Gasteiger charge is 2.48. The molecule has 0 aromatic heterocycles. The minimum absolute atomic E-state index is 0.0465. The highest BCUT2D eigenvalue weighted by atomic mass is 31.1. The van der Waals surface area contributed by atoms with Crippen LogP contribution in [0.1, 0.15) is 40.5 Å². The van der Waals surface area contributed by atoms with Gasteiger partial charge in [0, 0.05) is 15.8 Å². The topological polar surface area (TPSA) is 14.1 Å². The van der Waals surface area contributed by atoms with Crippen LogP contribution < -0.4 is 26.5 Å². The van der Waals surface area contributed by atoms with Gasteiger partial charge in [-0.3, -0.25) is 0 Å². The molecule has 4 aromatic carbocycles. The van der Waals surface area contributed by atoms with E-state index in [1.807, 2.05) is 0 Å². The summed E-state index contributed by atoms with van der Waals surface area (Å²) < 4.78 is 5.23. The summed E-state index contributed by atoms with van der Waals surface area (Å²) in [6, 6.07) is 43.5. The van der Waals surface area contributed by atoms with Gasteiger partial charge in [0.15, 0.2) is 0 Å². The predicted molar refractivity (Wildman–Crippen MR) is 194 cm³/mol. The fourth-order valence-corrected chi connectivity index (χ4v) is 12.2. The Morgan fingerprint density at radius 3 is 0.952 bits per heavy atom. The normalized spacial score (nSPS) is 20.9. The monoisotopic (exact) mass is 589 g/mol. The molecule has 6 rings (SSSR count). The molecule has 4 aromatic rings. The van der Waals surface area contributed by atoms with Crippen molar-refractivity contribution in [1.29, 1.82) is 0 Å². The van der Waals surface area contributed by atoms with Gasteiger partial charge in [-0.05, 0) is 66.2 Å². The van der Waals surface area contributed by atoms with E-state index in [1.54, 1.807) is 10.9 Å². The summed E-state index contributed by atoms with van der Waals surface area (Å²) in [6.07, 6.45) is 4.23. The van der Waals surface area contributed by atoms with Gasteiger partial charge in [0.25, 0.3) is 0 Å². The minimum Gasteiger partial charge on any atom is -0.195 e. The zero-order chi connectivity index (χ0) is 29.8. The van der Waals surface area contributed by atoms with E-state index >= 15 is 0 Å². The molecule has 2 aliphatic heterocycles. The van der Waals surface area contributed by atoms with Crippen molar-refractivity contribution in [2.75, 3.05) is 25.7 Å². The molecule has 4 heteroatoms. The van der Waals surface area contributed by atoms with Gasteiger partial charge in [-0.1, -0.05) is 126 Å². The average molecular weight is 590 g/mol. The molecule has 0 aliphatic carbocycles. The Morgan fingerprint density at radius 1 is 0.476 bits per heavy atom. The minimum atomic E-state index is -1.22. The molecule has 2 fully saturated rings. The van der Waals surface area contributed by atoms with E-state index in [0.29, 0.717) is 10.8 Å². The fraction of sp³-hybridized carbons (Fsp3) is 0.316. The van der Waals surface area contributed by atoms with Crippen LogP contribution in [0.5, 0.6) is 0 Å². The fourth-order valence-electron chi connectivity index (χ4n) is 7.06. The van der Waals surface area contributed by atoms with E-state index in [-0.39, 0.29) is 15.8 Å². The molecule has 0 amide bonds. The quantitative estimate of drug-likeness (QED) is 0.138. The van der Waals surface area contributed by atoms with Crippen LogP contribution in [0.3, 0.4) is 0 Å². The van der Waals surface area contributed by atoms with Gasteiger partial charge in [0.2, 0.25) is 0 Å². The summed E-state index contributed by atoms with van der Waals surface area (Å²) in [7, 11) is 0.0929. The van der Waals surface area contributed by atoms with E-state index in [2.05, 4.69) is 162 Å². The predicted octanol–water partition coefficient (Wildman–Crippen LogP) is 7.00. The van der Waals surface area contributed by atoms with Crippen LogP contribution in [0.2, 0.25) is 0 Å². The largest absolute Gasteiger partial charge is 0.304 e. The molecule has 0 saturated carbocycles. The molecule has 0 spiro atoms. The maximum Gasteiger partial charge on any atom is 0.304 e. The third kappa shape index (κ3) is 6.15. The lowest BCUT2D eigenvalue weighted by atomic mass is 9.13. The summed E-state index contributed by atoms with van der Waals surface area (Å²) in [5, 5.41) is 0. The first kappa shape index (κ1) is 30.7. The summed E-state index contributed by atoms with van der Waals surface area (Å²) in [5.74, 6) is 0. The third-order valence-electron chi connectivity index (χ3n) is 9.49. The van der Waals surface area contributed by atoms with E-state index in [1.165, 1.54) is 47.0 Å². The molecule has 216 valence electrons. The van der Waals surface area contributed by atoms with Crippen molar-refractivity contribution >= 4 is 54.7 Å². The molecule has 2 saturated heterocycles. The number of nitrogens with zero attached hydrogens (tertiary/aromatic N) is 1. The molecule has 2 unspecified atom stereocenters. The van der Waals surface area contributed by atoms with Gasteiger partial charge in [-0.15, -0.1) is 0 Å². The summed E-state index contributed by atoms with van der Waals surface area (Å²) >= 11 is 0. The Hall–Kier alpha value is -2.75. The summed E-state index contributed by atoms with van der Waals surface area (Å²) in [5.41, 5.74) is 9.18. The van der Waals surface area contributed by atoms with Crippen LogP contribution in [0.25, 0.3) is 0 Å². The Labute approximate surface area is 257 Å². The van der Waals surface area contributed by atoms with Gasteiger partial charge in [-0.2, -0.15) is 21.9 Å². The van der Waals surface area contributed by atoms with Gasteiger partial charge in [0.1, 0.15) is 6.15 Å². The van der Waals surface area contributed by atoms with Gasteiger partial charge < -0.3 is 0 Å². The summed E-state index contributed by atoms with van der Waals surface area (Å²) in [4.78, 5) is 0. The van der Waals surface area contributed by atoms with Crippen molar-refractivity contribution in [2.24, 2.45) is 10.8 Å². The lowest BCUT2D eigenvalue weighted by Gasteiger charge is -2.44. The van der Waals surface area contributed by atoms with Crippen molar-refractivity contribution in [3.8, 4) is 0 Å². The van der Waals surface area contributed by atoms with E-state index in [9.17, 15) is 0 Å². The van der Waals surface area contributed by atoms with Gasteiger partial charge >= 0.3 is 10.9 Å². The maximum atomic E-state index is 5.23. The molecule has 0 bridgehead atoms. The number of rotatable bonds is 4. The van der Waals surface area contributed by atoms with Crippen molar-refractivity contribution < 1.29 is 0 Å². The van der Waals surface area contributed by atoms with Crippen molar-refractivity contribution in [2.45, 2.75) is 40.5 Å². The first-order valence-electron chi connectivity index (χ1n) is 15.4. The molecular formula is C38H46BNP2. The molecule has 0 N–H and O–H groups in total. The van der Waals surface area contributed by atoms with Crippen LogP contribution >= 0.6 is 15.8 Å². The van der Waals surface area contributed by atoms with E-state index < -0.39 is 6.15 Å². The first-order chi connectivity index (χ1) is 20.2. The zero-order valence-electron chi connectivity index (χ0n) is 26.3. The summed E-state index contributed by atoms with van der Waals surface area (Å²) in [6.45, 7) is 14.4. The second kappa shape index (κ2) is 12.9. The van der Waals surface area contributed by atoms with Crippen LogP contribution in [-0.2, 0) is 0 Å². The van der Waals surface area contributed by atoms with Gasteiger partial charge in [0.05, 0.1) is 10.8 Å². The molecule has 42 heavy (non-hydrogen) atoms. The number of benzene rings is 4. The van der Waals surface area contributed by atoms with E-state index in [4.69, 9.17) is 4.67 Å². The molecule has 2 atom stereocenters.